The van der Waals surface area contributed by atoms with E-state index in [9.17, 15) is 4.79 Å². The Hall–Kier alpha value is -2.47. The van der Waals surface area contributed by atoms with Gasteiger partial charge in [0.15, 0.2) is 0 Å². The van der Waals surface area contributed by atoms with Crippen LogP contribution in [0.4, 0.5) is 5.69 Å². The third-order valence-corrected chi connectivity index (χ3v) is 5.25. The van der Waals surface area contributed by atoms with Crippen LogP contribution in [0.3, 0.4) is 0 Å². The summed E-state index contributed by atoms with van der Waals surface area (Å²) >= 11 is 1.58. The molecule has 1 N–H and O–H groups in total. The van der Waals surface area contributed by atoms with Crippen molar-refractivity contribution in [2.75, 3.05) is 5.32 Å². The Balaban J connectivity index is 1.26. The Morgan fingerprint density at radius 1 is 1.24 bits per heavy atom. The van der Waals surface area contributed by atoms with E-state index in [2.05, 4.69) is 27.6 Å². The lowest BCUT2D eigenvalue weighted by Crippen LogP contribution is -2.11. The first-order valence-corrected chi connectivity index (χ1v) is 9.44. The van der Waals surface area contributed by atoms with E-state index in [-0.39, 0.29) is 5.91 Å². The van der Waals surface area contributed by atoms with E-state index in [1.165, 1.54) is 17.5 Å². The molecule has 0 spiro atoms. The molecule has 0 atom stereocenters. The largest absolute Gasteiger partial charge is 0.339 e. The number of hydrogen-bond acceptors (Lipinski definition) is 5. The zero-order valence-corrected chi connectivity index (χ0v) is 14.6. The van der Waals surface area contributed by atoms with E-state index in [0.29, 0.717) is 31.0 Å². The normalized spacial score (nSPS) is 13.0. The number of thiophene rings is 1. The lowest BCUT2D eigenvalue weighted by molar-refractivity contribution is -0.116. The minimum absolute atomic E-state index is 0.0240. The van der Waals surface area contributed by atoms with E-state index in [1.807, 2.05) is 23.6 Å². The van der Waals surface area contributed by atoms with Crippen LogP contribution in [0.2, 0.25) is 0 Å². The molecule has 1 aliphatic rings. The summed E-state index contributed by atoms with van der Waals surface area (Å²) in [5.74, 6) is 1.22. The monoisotopic (exact) mass is 353 g/mol. The van der Waals surface area contributed by atoms with Crippen molar-refractivity contribution in [1.29, 1.82) is 0 Å². The summed E-state index contributed by atoms with van der Waals surface area (Å²) in [6.07, 6.45) is 5.21. The second-order valence-electron chi connectivity index (χ2n) is 6.23. The number of nitrogens with one attached hydrogen (secondary N) is 1. The lowest BCUT2D eigenvalue weighted by Gasteiger charge is -2.07. The number of nitrogens with zero attached hydrogens (tertiary/aromatic N) is 2. The van der Waals surface area contributed by atoms with E-state index in [1.54, 1.807) is 11.3 Å². The van der Waals surface area contributed by atoms with Gasteiger partial charge in [0.2, 0.25) is 17.6 Å². The lowest BCUT2D eigenvalue weighted by atomic mass is 10.1. The first kappa shape index (κ1) is 16.0. The van der Waals surface area contributed by atoms with Crippen LogP contribution in [-0.4, -0.2) is 16.0 Å². The van der Waals surface area contributed by atoms with Crippen LogP contribution < -0.4 is 5.32 Å². The van der Waals surface area contributed by atoms with E-state index in [0.717, 1.165) is 23.4 Å². The highest BCUT2D eigenvalue weighted by atomic mass is 32.1. The molecule has 1 aliphatic carbocycles. The smallest absolute Gasteiger partial charge is 0.226 e. The highest BCUT2D eigenvalue weighted by Gasteiger charge is 2.13. The molecule has 6 heteroatoms. The number of hydrogen-bond donors (Lipinski definition) is 1. The molecule has 0 fully saturated rings. The summed E-state index contributed by atoms with van der Waals surface area (Å²) in [6, 6.07) is 10.1. The summed E-state index contributed by atoms with van der Waals surface area (Å²) < 4.78 is 5.25. The number of carbonyl (C=O) groups is 1. The van der Waals surface area contributed by atoms with Crippen molar-refractivity contribution in [3.63, 3.8) is 0 Å². The number of amides is 1. The summed E-state index contributed by atoms with van der Waals surface area (Å²) in [6.45, 7) is 0. The van der Waals surface area contributed by atoms with Crippen LogP contribution in [-0.2, 0) is 24.1 Å². The van der Waals surface area contributed by atoms with Gasteiger partial charge in [-0.25, -0.2) is 0 Å². The zero-order chi connectivity index (χ0) is 17.1. The number of aryl methyl sites for hydroxylation is 3. The number of rotatable bonds is 6. The van der Waals surface area contributed by atoms with Gasteiger partial charge in [0.1, 0.15) is 0 Å². The van der Waals surface area contributed by atoms with Crippen LogP contribution in [0, 0.1) is 0 Å². The van der Waals surface area contributed by atoms with Gasteiger partial charge in [0.25, 0.3) is 0 Å². The summed E-state index contributed by atoms with van der Waals surface area (Å²) in [5.41, 5.74) is 3.67. The van der Waals surface area contributed by atoms with Gasteiger partial charge in [0.05, 0.1) is 4.88 Å². The number of fused-ring (bicyclic) bond motifs is 1. The first-order valence-electron chi connectivity index (χ1n) is 8.56. The summed E-state index contributed by atoms with van der Waals surface area (Å²) in [7, 11) is 0. The maximum Gasteiger partial charge on any atom is 0.226 e. The quantitative estimate of drug-likeness (QED) is 0.719. The highest BCUT2D eigenvalue weighted by Crippen LogP contribution is 2.25. The average molecular weight is 353 g/mol. The molecular weight excluding hydrogens is 334 g/mol. The third kappa shape index (κ3) is 3.79. The number of anilines is 1. The van der Waals surface area contributed by atoms with Crippen LogP contribution in [0.5, 0.6) is 0 Å². The Morgan fingerprint density at radius 3 is 3.04 bits per heavy atom. The minimum atomic E-state index is 0.0240. The van der Waals surface area contributed by atoms with E-state index >= 15 is 0 Å². The predicted octanol–water partition coefficient (Wildman–Crippen LogP) is 4.25. The third-order valence-electron chi connectivity index (χ3n) is 4.39. The maximum atomic E-state index is 12.1. The van der Waals surface area contributed by atoms with Gasteiger partial charge in [-0.1, -0.05) is 17.3 Å². The Morgan fingerprint density at radius 2 is 2.16 bits per heavy atom. The van der Waals surface area contributed by atoms with Crippen molar-refractivity contribution in [3.05, 3.63) is 52.7 Å². The van der Waals surface area contributed by atoms with Gasteiger partial charge in [-0.15, -0.1) is 11.3 Å². The Kier molecular flexibility index (Phi) is 4.61. The molecule has 0 saturated carbocycles. The van der Waals surface area contributed by atoms with Crippen molar-refractivity contribution in [1.82, 2.24) is 10.1 Å². The van der Waals surface area contributed by atoms with Gasteiger partial charge >= 0.3 is 0 Å². The highest BCUT2D eigenvalue weighted by molar-refractivity contribution is 7.13. The molecule has 0 unspecified atom stereocenters. The second kappa shape index (κ2) is 7.19. The van der Waals surface area contributed by atoms with Crippen LogP contribution in [0.15, 0.2) is 40.2 Å². The van der Waals surface area contributed by atoms with E-state index < -0.39 is 0 Å². The van der Waals surface area contributed by atoms with Gasteiger partial charge in [-0.3, -0.25) is 4.79 Å². The van der Waals surface area contributed by atoms with Gasteiger partial charge in [0, 0.05) is 18.5 Å². The molecule has 0 bridgehead atoms. The first-order chi connectivity index (χ1) is 12.3. The minimum Gasteiger partial charge on any atom is -0.339 e. The van der Waals surface area contributed by atoms with Crippen molar-refractivity contribution in [3.8, 4) is 10.7 Å². The molecule has 0 saturated heterocycles. The molecule has 0 radical (unpaired) electrons. The fourth-order valence-corrected chi connectivity index (χ4v) is 3.78. The van der Waals surface area contributed by atoms with Crippen LogP contribution in [0.1, 0.15) is 36.3 Å². The molecule has 3 aromatic rings. The number of aromatic nitrogens is 2. The van der Waals surface area contributed by atoms with Crippen molar-refractivity contribution >= 4 is 22.9 Å². The maximum absolute atomic E-state index is 12.1. The fourth-order valence-electron chi connectivity index (χ4n) is 3.14. The Bertz CT molecular complexity index is 871. The molecule has 2 heterocycles. The fraction of sp³-hybridized carbons (Fsp3) is 0.316. The predicted molar refractivity (Wildman–Crippen MR) is 97.6 cm³/mol. The van der Waals surface area contributed by atoms with Gasteiger partial charge in [-0.05, 0) is 60.4 Å². The average Bonchev–Trinajstić information content (AvgIpc) is 3.35. The summed E-state index contributed by atoms with van der Waals surface area (Å²) in [5, 5.41) is 8.94. The van der Waals surface area contributed by atoms with E-state index in [4.69, 9.17) is 4.52 Å². The van der Waals surface area contributed by atoms with Crippen LogP contribution in [0.25, 0.3) is 10.7 Å². The molecule has 1 aromatic carbocycles. The molecule has 5 nitrogen and oxygen atoms in total. The molecule has 128 valence electrons. The number of carbonyl (C=O) groups excluding carboxylic acids is 1. The molecule has 4 rings (SSSR count). The second-order valence-corrected chi connectivity index (χ2v) is 7.18. The molecule has 25 heavy (non-hydrogen) atoms. The van der Waals surface area contributed by atoms with Crippen molar-refractivity contribution in [2.45, 2.75) is 38.5 Å². The van der Waals surface area contributed by atoms with Crippen LogP contribution >= 0.6 is 11.3 Å². The number of benzene rings is 1. The SMILES string of the molecule is O=C(CCCc1nc(-c2cccs2)no1)Nc1ccc2c(c1)CCC2. The van der Waals surface area contributed by atoms with Crippen molar-refractivity contribution in [2.24, 2.45) is 0 Å². The standard InChI is InChI=1S/C19H19N3O2S/c23-17(20-15-10-9-13-4-1-5-14(13)12-15)7-2-8-18-21-19(22-24-18)16-6-3-11-25-16/h3,6,9-12H,1-2,4-5,7-8H2,(H,20,23). The van der Waals surface area contributed by atoms with Gasteiger partial charge in [-0.2, -0.15) is 4.98 Å². The zero-order valence-electron chi connectivity index (χ0n) is 13.8. The topological polar surface area (TPSA) is 68.0 Å². The van der Waals surface area contributed by atoms with Gasteiger partial charge < -0.3 is 9.84 Å². The molecular formula is C19H19N3O2S. The summed E-state index contributed by atoms with van der Waals surface area (Å²) in [4.78, 5) is 17.5. The Labute approximate surface area is 150 Å². The molecule has 2 aromatic heterocycles. The van der Waals surface area contributed by atoms with Crippen molar-refractivity contribution < 1.29 is 9.32 Å². The molecule has 1 amide bonds. The molecule has 0 aliphatic heterocycles.